The predicted octanol–water partition coefficient (Wildman–Crippen LogP) is 4.00. The number of carbonyl (C=O) groups excluding carboxylic acids is 1. The molecule has 170 valence electrons. The Hall–Kier alpha value is -2.64. The van der Waals surface area contributed by atoms with Crippen LogP contribution in [0.3, 0.4) is 0 Å². The van der Waals surface area contributed by atoms with E-state index in [1.165, 1.54) is 6.07 Å². The number of rotatable bonds is 2. The topological polar surface area (TPSA) is 57.2 Å². The molecule has 5 rings (SSSR count). The molecule has 0 aromatic heterocycles. The first-order chi connectivity index (χ1) is 14.9. The number of anilines is 1. The van der Waals surface area contributed by atoms with E-state index in [9.17, 15) is 9.18 Å². The van der Waals surface area contributed by atoms with Crippen LogP contribution in [0.15, 0.2) is 41.5 Å². The van der Waals surface area contributed by atoms with E-state index in [0.29, 0.717) is 23.1 Å². The van der Waals surface area contributed by atoms with Crippen LogP contribution in [-0.2, 0) is 4.79 Å². The summed E-state index contributed by atoms with van der Waals surface area (Å²) < 4.78 is 20.9. The van der Waals surface area contributed by atoms with Gasteiger partial charge in [-0.2, -0.15) is 5.10 Å². The molecule has 2 aromatic carbocycles. The number of piperidine rings is 1. The molecule has 6 nitrogen and oxygen atoms in total. The molecule has 3 atom stereocenters. The van der Waals surface area contributed by atoms with Crippen LogP contribution >= 0.6 is 12.4 Å². The number of fused-ring (bicyclic) bond motifs is 3. The van der Waals surface area contributed by atoms with Crippen molar-refractivity contribution in [2.75, 3.05) is 31.6 Å². The molecule has 1 N–H and O–H groups in total. The second-order valence-electron chi connectivity index (χ2n) is 8.86. The zero-order chi connectivity index (χ0) is 21.7. The third-order valence-corrected chi connectivity index (χ3v) is 6.76. The Morgan fingerprint density at radius 1 is 1.19 bits per heavy atom. The summed E-state index contributed by atoms with van der Waals surface area (Å²) >= 11 is 0. The summed E-state index contributed by atoms with van der Waals surface area (Å²) in [5, 5.41) is 4.19. The average molecular weight is 459 g/mol. The van der Waals surface area contributed by atoms with Crippen LogP contribution in [0.2, 0.25) is 0 Å². The van der Waals surface area contributed by atoms with Crippen molar-refractivity contribution in [3.05, 3.63) is 47.8 Å². The summed E-state index contributed by atoms with van der Waals surface area (Å²) in [5.41, 5.74) is 5.95. The average Bonchev–Trinajstić information content (AvgIpc) is 2.75. The molecular weight excluding hydrogens is 431 g/mol. The largest absolute Gasteiger partial charge is 0.483 e. The Morgan fingerprint density at radius 2 is 1.97 bits per heavy atom. The van der Waals surface area contributed by atoms with Crippen molar-refractivity contribution in [1.29, 1.82) is 0 Å². The Bertz CT molecular complexity index is 1080. The number of ether oxygens (including phenoxy) is 1. The standard InChI is InChI=1S/C24H27FN4O2.ClH/c1-14-12-28(3)9-8-16(14)18-10-21-22(11-19(18)17-6-4-5-7-20(17)25)31-13-23-26-27-24(30)15(2)29(21)23;/h4-7,10-11,14-16H,8-9,12-13H2,1-3H3,(H,27,30);1H/t14-,15?,16+;/m0./s1. The molecule has 0 aliphatic carbocycles. The highest BCUT2D eigenvalue weighted by atomic mass is 35.5. The van der Waals surface area contributed by atoms with Gasteiger partial charge in [0.25, 0.3) is 5.91 Å². The number of nitrogens with one attached hydrogen (secondary N) is 1. The number of nitrogens with zero attached hydrogens (tertiary/aromatic N) is 3. The smallest absolute Gasteiger partial charge is 0.262 e. The molecule has 3 aliphatic heterocycles. The third-order valence-electron chi connectivity index (χ3n) is 6.76. The Labute approximate surface area is 193 Å². The van der Waals surface area contributed by atoms with E-state index in [1.807, 2.05) is 30.0 Å². The minimum atomic E-state index is -0.391. The maximum Gasteiger partial charge on any atom is 0.262 e. The van der Waals surface area contributed by atoms with Gasteiger partial charge in [-0.15, -0.1) is 12.4 Å². The second kappa shape index (κ2) is 8.71. The van der Waals surface area contributed by atoms with Gasteiger partial charge in [0, 0.05) is 12.1 Å². The van der Waals surface area contributed by atoms with Crippen LogP contribution in [0.5, 0.6) is 5.75 Å². The normalized spacial score (nSPS) is 25.0. The third kappa shape index (κ3) is 3.73. The summed E-state index contributed by atoms with van der Waals surface area (Å²) in [6.07, 6.45) is 0.996. The zero-order valence-electron chi connectivity index (χ0n) is 18.5. The van der Waals surface area contributed by atoms with Gasteiger partial charge in [-0.25, -0.2) is 9.82 Å². The molecule has 32 heavy (non-hydrogen) atoms. The van der Waals surface area contributed by atoms with Gasteiger partial charge < -0.3 is 14.5 Å². The summed E-state index contributed by atoms with van der Waals surface area (Å²) in [7, 11) is 2.14. The van der Waals surface area contributed by atoms with Crippen LogP contribution < -0.4 is 15.1 Å². The molecule has 1 fully saturated rings. The number of hydrogen-bond donors (Lipinski definition) is 1. The van der Waals surface area contributed by atoms with Crippen LogP contribution in [0.4, 0.5) is 10.1 Å². The Balaban J connectivity index is 0.00000245. The highest BCUT2D eigenvalue weighted by molar-refractivity contribution is 6.09. The van der Waals surface area contributed by atoms with Crippen molar-refractivity contribution < 1.29 is 13.9 Å². The molecule has 3 heterocycles. The fraction of sp³-hybridized carbons (Fsp3) is 0.417. The van der Waals surface area contributed by atoms with Crippen molar-refractivity contribution in [3.8, 4) is 16.9 Å². The first kappa shape index (κ1) is 22.6. The number of amidine groups is 1. The number of halogens is 2. The summed E-state index contributed by atoms with van der Waals surface area (Å²) in [6, 6.07) is 10.6. The highest BCUT2D eigenvalue weighted by Gasteiger charge is 2.37. The van der Waals surface area contributed by atoms with E-state index < -0.39 is 6.04 Å². The van der Waals surface area contributed by atoms with Crippen molar-refractivity contribution in [1.82, 2.24) is 10.3 Å². The number of likely N-dealkylation sites (tertiary alicyclic amines) is 1. The molecule has 8 heteroatoms. The van der Waals surface area contributed by atoms with Gasteiger partial charge in [-0.3, -0.25) is 4.79 Å². The summed E-state index contributed by atoms with van der Waals surface area (Å²) in [6.45, 7) is 6.37. The van der Waals surface area contributed by atoms with Gasteiger partial charge >= 0.3 is 0 Å². The van der Waals surface area contributed by atoms with Crippen LogP contribution in [-0.4, -0.2) is 49.4 Å². The minimum Gasteiger partial charge on any atom is -0.483 e. The van der Waals surface area contributed by atoms with Crippen LogP contribution in [0, 0.1) is 11.7 Å². The molecule has 1 saturated heterocycles. The van der Waals surface area contributed by atoms with E-state index >= 15 is 0 Å². The summed E-state index contributed by atoms with van der Waals surface area (Å²) in [5.74, 6) is 1.65. The zero-order valence-corrected chi connectivity index (χ0v) is 19.3. The van der Waals surface area contributed by atoms with E-state index in [0.717, 1.165) is 36.3 Å². The molecule has 1 amide bonds. The monoisotopic (exact) mass is 458 g/mol. The molecule has 0 spiro atoms. The first-order valence-electron chi connectivity index (χ1n) is 10.8. The van der Waals surface area contributed by atoms with E-state index in [1.54, 1.807) is 6.07 Å². The number of amides is 1. The number of carbonyl (C=O) groups is 1. The van der Waals surface area contributed by atoms with Crippen molar-refractivity contribution in [3.63, 3.8) is 0 Å². The lowest BCUT2D eigenvalue weighted by molar-refractivity contribution is -0.122. The van der Waals surface area contributed by atoms with E-state index in [2.05, 4.69) is 35.5 Å². The molecule has 2 aromatic rings. The number of hydrazone groups is 1. The summed E-state index contributed by atoms with van der Waals surface area (Å²) in [4.78, 5) is 16.6. The fourth-order valence-corrected chi connectivity index (χ4v) is 5.12. The lowest BCUT2D eigenvalue weighted by Crippen LogP contribution is -2.55. The molecule has 0 saturated carbocycles. The number of benzene rings is 2. The highest BCUT2D eigenvalue weighted by Crippen LogP contribution is 2.46. The predicted molar refractivity (Wildman–Crippen MR) is 126 cm³/mol. The van der Waals surface area contributed by atoms with E-state index in [4.69, 9.17) is 4.74 Å². The van der Waals surface area contributed by atoms with Gasteiger partial charge in [-0.1, -0.05) is 25.1 Å². The number of hydrogen-bond acceptors (Lipinski definition) is 5. The van der Waals surface area contributed by atoms with Crippen molar-refractivity contribution >= 4 is 29.8 Å². The molecule has 0 bridgehead atoms. The van der Waals surface area contributed by atoms with Gasteiger partial charge in [0.2, 0.25) is 0 Å². The van der Waals surface area contributed by atoms with Gasteiger partial charge in [0.15, 0.2) is 5.84 Å². The maximum absolute atomic E-state index is 14.9. The first-order valence-corrected chi connectivity index (χ1v) is 10.8. The Morgan fingerprint density at radius 3 is 2.72 bits per heavy atom. The lowest BCUT2D eigenvalue weighted by Gasteiger charge is -2.40. The lowest BCUT2D eigenvalue weighted by atomic mass is 9.78. The van der Waals surface area contributed by atoms with Crippen molar-refractivity contribution in [2.45, 2.75) is 32.2 Å². The minimum absolute atomic E-state index is 0. The van der Waals surface area contributed by atoms with Crippen molar-refractivity contribution in [2.24, 2.45) is 11.0 Å². The van der Waals surface area contributed by atoms with Gasteiger partial charge in [-0.05, 0) is 68.1 Å². The SMILES string of the molecule is CC1C(=O)NN=C2COc3cc(-c4ccccc4F)c([C@@H]4CCN(C)C[C@@H]4C)cc3N21.Cl. The molecule has 0 radical (unpaired) electrons. The second-order valence-corrected chi connectivity index (χ2v) is 8.86. The molecular formula is C24H28ClFN4O2. The fourth-order valence-electron chi connectivity index (χ4n) is 5.12. The van der Waals surface area contributed by atoms with E-state index in [-0.39, 0.29) is 36.7 Å². The molecule has 3 aliphatic rings. The maximum atomic E-state index is 14.9. The van der Waals surface area contributed by atoms with Crippen LogP contribution in [0.1, 0.15) is 31.7 Å². The van der Waals surface area contributed by atoms with Crippen LogP contribution in [0.25, 0.3) is 11.1 Å². The molecule has 1 unspecified atom stereocenters. The Kier molecular flexibility index (Phi) is 6.14. The van der Waals surface area contributed by atoms with Gasteiger partial charge in [0.1, 0.15) is 24.2 Å². The quantitative estimate of drug-likeness (QED) is 0.739. The van der Waals surface area contributed by atoms with Gasteiger partial charge in [0.05, 0.1) is 5.69 Å².